The molecule has 1 fully saturated rings. The van der Waals surface area contributed by atoms with E-state index in [1.807, 2.05) is 11.9 Å². The molecule has 0 radical (unpaired) electrons. The van der Waals surface area contributed by atoms with Crippen molar-refractivity contribution in [3.05, 3.63) is 38.9 Å². The predicted octanol–water partition coefficient (Wildman–Crippen LogP) is 2.16. The number of rotatable bonds is 4. The van der Waals surface area contributed by atoms with E-state index in [4.69, 9.17) is 17.3 Å². The summed E-state index contributed by atoms with van der Waals surface area (Å²) in [5.74, 6) is 0.435. The topological polar surface area (TPSA) is 84.8 Å². The Hall–Kier alpha value is -1.82. The summed E-state index contributed by atoms with van der Waals surface area (Å²) in [5, 5.41) is 11.2. The lowest BCUT2D eigenvalue weighted by molar-refractivity contribution is -0.384. The van der Waals surface area contributed by atoms with Crippen molar-refractivity contribution in [2.45, 2.75) is 25.4 Å². The maximum Gasteiger partial charge on any atom is 0.269 e. The summed E-state index contributed by atoms with van der Waals surface area (Å²) in [5.41, 5.74) is 6.46. The molecular weight excluding hydrogens is 268 g/mol. The minimum atomic E-state index is -0.455. The molecule has 0 amide bonds. The van der Waals surface area contributed by atoms with Crippen LogP contribution in [0.3, 0.4) is 0 Å². The summed E-state index contributed by atoms with van der Waals surface area (Å²) in [7, 11) is 1.89. The second-order valence-corrected chi connectivity index (χ2v) is 4.96. The molecule has 1 aromatic carbocycles. The quantitative estimate of drug-likeness (QED) is 0.397. The van der Waals surface area contributed by atoms with Gasteiger partial charge < -0.3 is 10.6 Å². The predicted molar refractivity (Wildman–Crippen MR) is 74.2 cm³/mol. The zero-order valence-corrected chi connectivity index (χ0v) is 11.3. The number of nitro benzene ring substituents is 1. The molecule has 19 heavy (non-hydrogen) atoms. The molecule has 0 saturated heterocycles. The van der Waals surface area contributed by atoms with Crippen LogP contribution in [0.4, 0.5) is 5.69 Å². The molecule has 1 saturated carbocycles. The van der Waals surface area contributed by atoms with E-state index in [0.29, 0.717) is 22.6 Å². The second-order valence-electron chi connectivity index (χ2n) is 4.55. The van der Waals surface area contributed by atoms with Crippen LogP contribution in [-0.2, 0) is 6.54 Å². The number of non-ortho nitro benzene ring substituents is 1. The fraction of sp³-hybridized carbons (Fsp3) is 0.417. The van der Waals surface area contributed by atoms with Gasteiger partial charge in [0.25, 0.3) is 5.69 Å². The first-order valence-corrected chi connectivity index (χ1v) is 6.32. The Morgan fingerprint density at radius 2 is 2.32 bits per heavy atom. The molecule has 7 heteroatoms. The normalized spacial score (nSPS) is 15.4. The molecule has 1 aliphatic carbocycles. The van der Waals surface area contributed by atoms with Crippen LogP contribution in [0.2, 0.25) is 5.02 Å². The average Bonchev–Trinajstić information content (AvgIpc) is 3.20. The minimum absolute atomic E-state index is 0.00344. The Morgan fingerprint density at radius 1 is 1.63 bits per heavy atom. The van der Waals surface area contributed by atoms with E-state index in [1.54, 1.807) is 0 Å². The number of aliphatic imine (C=N–C) groups is 1. The first kappa shape index (κ1) is 13.6. The molecule has 0 atom stereocenters. The summed E-state index contributed by atoms with van der Waals surface area (Å²) in [6.45, 7) is 0.239. The van der Waals surface area contributed by atoms with E-state index in [-0.39, 0.29) is 12.2 Å². The average molecular weight is 283 g/mol. The first-order chi connectivity index (χ1) is 8.99. The molecule has 6 nitrogen and oxygen atoms in total. The first-order valence-electron chi connectivity index (χ1n) is 5.94. The van der Waals surface area contributed by atoms with E-state index in [1.165, 1.54) is 18.2 Å². The molecule has 2 N–H and O–H groups in total. The molecule has 102 valence electrons. The molecule has 0 heterocycles. The highest BCUT2D eigenvalue weighted by atomic mass is 35.5. The number of benzene rings is 1. The lowest BCUT2D eigenvalue weighted by Crippen LogP contribution is -2.35. The fourth-order valence-electron chi connectivity index (χ4n) is 1.72. The van der Waals surface area contributed by atoms with Gasteiger partial charge in [-0.1, -0.05) is 11.6 Å². The summed E-state index contributed by atoms with van der Waals surface area (Å²) >= 11 is 5.99. The highest BCUT2D eigenvalue weighted by molar-refractivity contribution is 6.31. The third-order valence-electron chi connectivity index (χ3n) is 3.11. The number of nitro groups is 1. The van der Waals surface area contributed by atoms with Crippen LogP contribution in [0.15, 0.2) is 23.2 Å². The maximum atomic E-state index is 10.7. The molecule has 1 aromatic rings. The number of hydrogen-bond donors (Lipinski definition) is 1. The number of halogens is 1. The third-order valence-corrected chi connectivity index (χ3v) is 3.48. The van der Waals surface area contributed by atoms with E-state index >= 15 is 0 Å². The number of guanidine groups is 1. The van der Waals surface area contributed by atoms with Crippen molar-refractivity contribution in [3.63, 3.8) is 0 Å². The lowest BCUT2D eigenvalue weighted by Gasteiger charge is -2.16. The zero-order chi connectivity index (χ0) is 14.0. The van der Waals surface area contributed by atoms with Gasteiger partial charge in [-0.15, -0.1) is 0 Å². The van der Waals surface area contributed by atoms with Gasteiger partial charge in [0, 0.05) is 30.2 Å². The molecule has 0 bridgehead atoms. The van der Waals surface area contributed by atoms with Gasteiger partial charge in [0.2, 0.25) is 0 Å². The number of hydrogen-bond acceptors (Lipinski definition) is 3. The fourth-order valence-corrected chi connectivity index (χ4v) is 1.90. The molecule has 0 aromatic heterocycles. The summed E-state index contributed by atoms with van der Waals surface area (Å²) in [6, 6.07) is 4.78. The molecule has 2 rings (SSSR count). The summed E-state index contributed by atoms with van der Waals surface area (Å²) < 4.78 is 0. The van der Waals surface area contributed by atoms with Gasteiger partial charge in [0.1, 0.15) is 0 Å². The molecular formula is C12H15ClN4O2. The lowest BCUT2D eigenvalue weighted by atomic mass is 10.2. The Bertz CT molecular complexity index is 528. The van der Waals surface area contributed by atoms with Crippen LogP contribution >= 0.6 is 11.6 Å². The highest BCUT2D eigenvalue weighted by Crippen LogP contribution is 2.25. The van der Waals surface area contributed by atoms with Crippen LogP contribution < -0.4 is 5.73 Å². The van der Waals surface area contributed by atoms with Gasteiger partial charge in [0.05, 0.1) is 11.5 Å². The van der Waals surface area contributed by atoms with Crippen LogP contribution in [0.1, 0.15) is 18.4 Å². The van der Waals surface area contributed by atoms with Crippen LogP contribution in [-0.4, -0.2) is 28.9 Å². The van der Waals surface area contributed by atoms with E-state index in [0.717, 1.165) is 12.8 Å². The minimum Gasteiger partial charge on any atom is -0.370 e. The molecule has 1 aliphatic rings. The van der Waals surface area contributed by atoms with E-state index < -0.39 is 4.92 Å². The monoisotopic (exact) mass is 282 g/mol. The Morgan fingerprint density at radius 3 is 2.89 bits per heavy atom. The summed E-state index contributed by atoms with van der Waals surface area (Å²) in [4.78, 5) is 16.4. The van der Waals surface area contributed by atoms with Gasteiger partial charge in [-0.2, -0.15) is 0 Å². The van der Waals surface area contributed by atoms with Gasteiger partial charge in [0.15, 0.2) is 5.96 Å². The van der Waals surface area contributed by atoms with Crippen LogP contribution in [0, 0.1) is 10.1 Å². The second kappa shape index (κ2) is 5.44. The van der Waals surface area contributed by atoms with Crippen molar-refractivity contribution in [2.75, 3.05) is 7.05 Å². The van der Waals surface area contributed by atoms with Crippen molar-refractivity contribution in [1.82, 2.24) is 4.90 Å². The van der Waals surface area contributed by atoms with Crippen molar-refractivity contribution < 1.29 is 4.92 Å². The van der Waals surface area contributed by atoms with Crippen molar-refractivity contribution in [3.8, 4) is 0 Å². The van der Waals surface area contributed by atoms with Crippen LogP contribution in [0.5, 0.6) is 0 Å². The zero-order valence-electron chi connectivity index (χ0n) is 10.5. The Balaban J connectivity index is 2.11. The highest BCUT2D eigenvalue weighted by Gasteiger charge is 2.27. The Kier molecular flexibility index (Phi) is 3.90. The van der Waals surface area contributed by atoms with Gasteiger partial charge in [-0.05, 0) is 24.5 Å². The smallest absolute Gasteiger partial charge is 0.269 e. The molecule has 0 spiro atoms. The van der Waals surface area contributed by atoms with E-state index in [9.17, 15) is 10.1 Å². The molecule has 0 unspecified atom stereocenters. The standard InChI is InChI=1S/C12H15ClN4O2/c1-16(9-2-3-9)12(14)15-7-8-6-10(17(18)19)4-5-11(8)13/h4-6,9H,2-3,7H2,1H3,(H2,14,15). The third kappa shape index (κ3) is 3.35. The van der Waals surface area contributed by atoms with Crippen molar-refractivity contribution in [2.24, 2.45) is 10.7 Å². The summed E-state index contributed by atoms with van der Waals surface area (Å²) in [6.07, 6.45) is 2.26. The number of nitrogens with two attached hydrogens (primary N) is 1. The van der Waals surface area contributed by atoms with Crippen molar-refractivity contribution >= 4 is 23.2 Å². The van der Waals surface area contributed by atoms with Gasteiger partial charge in [-0.3, -0.25) is 10.1 Å². The largest absolute Gasteiger partial charge is 0.370 e. The van der Waals surface area contributed by atoms with E-state index in [2.05, 4.69) is 4.99 Å². The van der Waals surface area contributed by atoms with Crippen molar-refractivity contribution in [1.29, 1.82) is 0 Å². The number of nitrogens with zero attached hydrogens (tertiary/aromatic N) is 3. The van der Waals surface area contributed by atoms with Gasteiger partial charge >= 0.3 is 0 Å². The van der Waals surface area contributed by atoms with Crippen LogP contribution in [0.25, 0.3) is 0 Å². The molecule has 0 aliphatic heterocycles. The van der Waals surface area contributed by atoms with Gasteiger partial charge in [-0.25, -0.2) is 4.99 Å². The maximum absolute atomic E-state index is 10.7. The SMILES string of the molecule is CN(C(N)=NCc1cc([N+](=O)[O-])ccc1Cl)C1CC1. The Labute approximate surface area is 116 Å².